The van der Waals surface area contributed by atoms with Crippen LogP contribution in [-0.4, -0.2) is 25.5 Å². The number of carbonyl (C=O) groups excluding carboxylic acids is 1. The van der Waals surface area contributed by atoms with Gasteiger partial charge in [-0.3, -0.25) is 4.79 Å². The molecule has 0 spiro atoms. The van der Waals surface area contributed by atoms with Gasteiger partial charge in [-0.05, 0) is 52.7 Å². The Kier molecular flexibility index (Phi) is 5.29. The maximum Gasteiger partial charge on any atom is 0.256 e. The Hall–Kier alpha value is -3.80. The highest BCUT2D eigenvalue weighted by atomic mass is 16.5. The second-order valence-electron chi connectivity index (χ2n) is 9.06. The van der Waals surface area contributed by atoms with Gasteiger partial charge in [-0.15, -0.1) is 0 Å². The van der Waals surface area contributed by atoms with Gasteiger partial charge in [0.15, 0.2) is 5.90 Å². The Bertz CT molecular complexity index is 1310. The lowest BCUT2D eigenvalue weighted by molar-refractivity contribution is 0.102. The number of anilines is 2. The summed E-state index contributed by atoms with van der Waals surface area (Å²) >= 11 is 0. The second kappa shape index (κ2) is 8.28. The molecule has 3 aromatic rings. The van der Waals surface area contributed by atoms with E-state index >= 15 is 0 Å². The van der Waals surface area contributed by atoms with Gasteiger partial charge in [0.2, 0.25) is 0 Å². The number of aliphatic imine (C=N–C) groups is 1. The van der Waals surface area contributed by atoms with Crippen molar-refractivity contribution in [2.75, 3.05) is 24.3 Å². The number of rotatable bonds is 4. The second-order valence-corrected chi connectivity index (χ2v) is 9.06. The Labute approximate surface area is 193 Å². The average Bonchev–Trinajstić information content (AvgIpc) is 3.13. The third kappa shape index (κ3) is 4.16. The molecular formula is C27H27N3O3. The van der Waals surface area contributed by atoms with Crippen LogP contribution in [0.1, 0.15) is 42.6 Å². The Balaban J connectivity index is 1.36. The Morgan fingerprint density at radius 1 is 1.09 bits per heavy atom. The van der Waals surface area contributed by atoms with Crippen LogP contribution in [0.15, 0.2) is 71.5 Å². The molecule has 0 fully saturated rings. The van der Waals surface area contributed by atoms with E-state index in [1.807, 2.05) is 48.5 Å². The summed E-state index contributed by atoms with van der Waals surface area (Å²) in [5.74, 6) is 2.08. The van der Waals surface area contributed by atoms with Crippen molar-refractivity contribution in [1.82, 2.24) is 0 Å². The molecule has 3 aromatic carbocycles. The van der Waals surface area contributed by atoms with Crippen molar-refractivity contribution in [1.29, 1.82) is 0 Å². The minimum atomic E-state index is -0.136. The first kappa shape index (κ1) is 21.1. The van der Waals surface area contributed by atoms with Crippen molar-refractivity contribution in [2.45, 2.75) is 32.1 Å². The fourth-order valence-corrected chi connectivity index (χ4v) is 4.38. The van der Waals surface area contributed by atoms with E-state index in [-0.39, 0.29) is 11.3 Å². The first-order valence-corrected chi connectivity index (χ1v) is 11.1. The number of amides is 1. The summed E-state index contributed by atoms with van der Waals surface area (Å²) in [6.07, 6.45) is 3.15. The average molecular weight is 442 g/mol. The molecule has 2 aliphatic rings. The molecule has 0 bridgehead atoms. The lowest BCUT2D eigenvalue weighted by atomic mass is 9.87. The number of methoxy groups -OCH3 is 1. The van der Waals surface area contributed by atoms with Crippen LogP contribution in [0.4, 0.5) is 11.4 Å². The van der Waals surface area contributed by atoms with Crippen molar-refractivity contribution in [3.63, 3.8) is 0 Å². The molecule has 2 heterocycles. The van der Waals surface area contributed by atoms with Gasteiger partial charge in [-0.2, -0.15) is 0 Å². The molecule has 0 saturated heterocycles. The predicted octanol–water partition coefficient (Wildman–Crippen LogP) is 5.85. The van der Waals surface area contributed by atoms with Gasteiger partial charge >= 0.3 is 0 Å². The minimum absolute atomic E-state index is 0.0966. The zero-order chi connectivity index (χ0) is 23.0. The molecule has 0 unspecified atom stereocenters. The summed E-state index contributed by atoms with van der Waals surface area (Å²) in [7, 11) is 1.62. The predicted molar refractivity (Wildman–Crippen MR) is 132 cm³/mol. The van der Waals surface area contributed by atoms with Crippen LogP contribution in [0.25, 0.3) is 10.8 Å². The lowest BCUT2D eigenvalue weighted by Crippen LogP contribution is -2.18. The lowest BCUT2D eigenvalue weighted by Gasteiger charge is -2.17. The van der Waals surface area contributed by atoms with E-state index in [4.69, 9.17) is 9.47 Å². The van der Waals surface area contributed by atoms with Gasteiger partial charge < -0.3 is 20.1 Å². The highest BCUT2D eigenvalue weighted by molar-refractivity contribution is 6.13. The number of fused-ring (bicyclic) bond motifs is 2. The number of benzene rings is 3. The van der Waals surface area contributed by atoms with E-state index < -0.39 is 0 Å². The molecule has 6 nitrogen and oxygen atoms in total. The molecule has 0 radical (unpaired) electrons. The molecule has 2 aliphatic heterocycles. The van der Waals surface area contributed by atoms with E-state index in [2.05, 4.69) is 35.5 Å². The van der Waals surface area contributed by atoms with Crippen LogP contribution < -0.4 is 15.4 Å². The summed E-state index contributed by atoms with van der Waals surface area (Å²) in [6.45, 7) is 5.32. The molecule has 168 valence electrons. The first-order valence-electron chi connectivity index (χ1n) is 11.1. The van der Waals surface area contributed by atoms with E-state index in [1.54, 1.807) is 13.3 Å². The first-order chi connectivity index (χ1) is 15.9. The normalized spacial score (nSPS) is 16.3. The number of ether oxygens (including phenoxy) is 2. The van der Waals surface area contributed by atoms with E-state index in [0.717, 1.165) is 53.0 Å². The monoisotopic (exact) mass is 441 g/mol. The molecule has 0 aromatic heterocycles. The van der Waals surface area contributed by atoms with Crippen molar-refractivity contribution in [2.24, 2.45) is 4.99 Å². The maximum atomic E-state index is 13.1. The van der Waals surface area contributed by atoms with Gasteiger partial charge in [0, 0.05) is 41.7 Å². The molecule has 1 amide bonds. The Morgan fingerprint density at radius 2 is 1.97 bits per heavy atom. The van der Waals surface area contributed by atoms with E-state index in [1.165, 1.54) is 5.56 Å². The van der Waals surface area contributed by atoms with Crippen molar-refractivity contribution in [3.05, 3.63) is 77.7 Å². The number of nitrogens with one attached hydrogen (secondary N) is 2. The molecule has 6 heteroatoms. The fraction of sp³-hybridized carbons (Fsp3) is 0.259. The topological polar surface area (TPSA) is 72.0 Å². The highest BCUT2D eigenvalue weighted by Crippen LogP contribution is 2.37. The van der Waals surface area contributed by atoms with Crippen LogP contribution >= 0.6 is 0 Å². The van der Waals surface area contributed by atoms with Crippen molar-refractivity contribution in [3.8, 4) is 5.75 Å². The van der Waals surface area contributed by atoms with Crippen molar-refractivity contribution >= 4 is 34.0 Å². The molecule has 2 N–H and O–H groups in total. The standard InChI is InChI=1S/C27H27N3O3/c1-27(2)16-29-24-14-18(7-11-23(24)27)30-26(31)22-6-4-5-17-13-19(8-10-21(17)22)33-20-9-12-25(32-3)28-15-20/h4-8,10-11,13-15,29H,9,12,16H2,1-3H3,(H,30,31). The molecule has 0 aliphatic carbocycles. The van der Waals surface area contributed by atoms with Gasteiger partial charge in [0.05, 0.1) is 13.3 Å². The number of hydrogen-bond donors (Lipinski definition) is 2. The molecule has 0 saturated carbocycles. The summed E-state index contributed by atoms with van der Waals surface area (Å²) < 4.78 is 11.2. The van der Waals surface area contributed by atoms with E-state index in [9.17, 15) is 4.79 Å². The van der Waals surface area contributed by atoms with Crippen LogP contribution in [0, 0.1) is 0 Å². The minimum Gasteiger partial charge on any atom is -0.484 e. The number of carbonyl (C=O) groups is 1. The summed E-state index contributed by atoms with van der Waals surface area (Å²) in [5, 5.41) is 8.30. The van der Waals surface area contributed by atoms with Crippen molar-refractivity contribution < 1.29 is 14.3 Å². The van der Waals surface area contributed by atoms with Gasteiger partial charge in [-0.25, -0.2) is 4.99 Å². The highest BCUT2D eigenvalue weighted by Gasteiger charge is 2.29. The fourth-order valence-electron chi connectivity index (χ4n) is 4.38. The zero-order valence-electron chi connectivity index (χ0n) is 19.1. The van der Waals surface area contributed by atoms with Crippen LogP contribution in [0.2, 0.25) is 0 Å². The molecule has 0 atom stereocenters. The number of nitrogens with zero attached hydrogens (tertiary/aromatic N) is 1. The third-order valence-electron chi connectivity index (χ3n) is 6.25. The van der Waals surface area contributed by atoms with Gasteiger partial charge in [-0.1, -0.05) is 32.0 Å². The SMILES string of the molecule is COC1=NC=C(Oc2ccc3c(C(=O)Nc4ccc5c(c4)NCC5(C)C)cccc3c2)CC1. The number of allylic oxidation sites excluding steroid dienone is 1. The summed E-state index contributed by atoms with van der Waals surface area (Å²) in [4.78, 5) is 17.4. The zero-order valence-corrected chi connectivity index (χ0v) is 19.1. The third-order valence-corrected chi connectivity index (χ3v) is 6.25. The van der Waals surface area contributed by atoms with Crippen LogP contribution in [0.3, 0.4) is 0 Å². The molecular weight excluding hydrogens is 414 g/mol. The van der Waals surface area contributed by atoms with E-state index in [0.29, 0.717) is 11.5 Å². The summed E-state index contributed by atoms with van der Waals surface area (Å²) in [5.41, 5.74) is 3.85. The Morgan fingerprint density at radius 3 is 2.76 bits per heavy atom. The smallest absolute Gasteiger partial charge is 0.256 e. The van der Waals surface area contributed by atoms with Gasteiger partial charge in [0.1, 0.15) is 11.5 Å². The van der Waals surface area contributed by atoms with Gasteiger partial charge in [0.25, 0.3) is 5.91 Å². The van der Waals surface area contributed by atoms with Crippen LogP contribution in [0.5, 0.6) is 5.75 Å². The quantitative estimate of drug-likeness (QED) is 0.532. The maximum absolute atomic E-state index is 13.1. The number of hydrogen-bond acceptors (Lipinski definition) is 5. The van der Waals surface area contributed by atoms with Crippen LogP contribution in [-0.2, 0) is 10.2 Å². The largest absolute Gasteiger partial charge is 0.484 e. The summed E-state index contributed by atoms with van der Waals surface area (Å²) in [6, 6.07) is 17.6. The molecule has 33 heavy (non-hydrogen) atoms. The molecule has 5 rings (SSSR count).